The number of benzene rings is 2. The summed E-state index contributed by atoms with van der Waals surface area (Å²) >= 11 is 0. The highest BCUT2D eigenvalue weighted by molar-refractivity contribution is 7.89. The van der Waals surface area contributed by atoms with Crippen LogP contribution in [0.25, 0.3) is 0 Å². The van der Waals surface area contributed by atoms with Crippen LogP contribution in [-0.4, -0.2) is 82.0 Å². The minimum atomic E-state index is -3.48. The van der Waals surface area contributed by atoms with Crippen LogP contribution in [0, 0.1) is 17.3 Å². The van der Waals surface area contributed by atoms with Crippen molar-refractivity contribution in [1.29, 1.82) is 0 Å². The molecule has 2 aromatic rings. The van der Waals surface area contributed by atoms with Gasteiger partial charge in [-0.25, -0.2) is 8.42 Å². The zero-order valence-electron chi connectivity index (χ0n) is 23.9. The van der Waals surface area contributed by atoms with Gasteiger partial charge < -0.3 is 4.74 Å². The first kappa shape index (κ1) is 28.3. The average Bonchev–Trinajstić information content (AvgIpc) is 2.96. The molecule has 4 aliphatic rings. The molecule has 0 radical (unpaired) electrons. The van der Waals surface area contributed by atoms with Gasteiger partial charge in [0.25, 0.3) is 0 Å². The minimum Gasteiger partial charge on any atom is -0.497 e. The van der Waals surface area contributed by atoms with Crippen LogP contribution < -0.4 is 4.74 Å². The normalized spacial score (nSPS) is 23.3. The smallest absolute Gasteiger partial charge is 0.243 e. The molecule has 2 bridgehead atoms. The lowest BCUT2D eigenvalue weighted by Crippen LogP contribution is -2.51. The van der Waals surface area contributed by atoms with E-state index in [1.54, 1.807) is 41.3 Å². The molecule has 6 rings (SSSR count). The van der Waals surface area contributed by atoms with Gasteiger partial charge in [-0.3, -0.25) is 9.80 Å². The van der Waals surface area contributed by atoms with Crippen molar-refractivity contribution in [3.8, 4) is 5.75 Å². The molecule has 6 nitrogen and oxygen atoms in total. The molecular formula is C32H45N3O3S. The molecule has 1 heterocycles. The van der Waals surface area contributed by atoms with E-state index >= 15 is 0 Å². The number of rotatable bonds is 12. The first-order valence-electron chi connectivity index (χ1n) is 14.6. The number of nitrogens with zero attached hydrogens (tertiary/aromatic N) is 3. The van der Waals surface area contributed by atoms with E-state index in [9.17, 15) is 8.42 Å². The monoisotopic (exact) mass is 551 g/mol. The second-order valence-electron chi connectivity index (χ2n) is 12.1. The largest absolute Gasteiger partial charge is 0.497 e. The van der Waals surface area contributed by atoms with Crippen LogP contribution in [0.5, 0.6) is 5.75 Å². The van der Waals surface area contributed by atoms with Gasteiger partial charge in [0.1, 0.15) is 5.75 Å². The Morgan fingerprint density at radius 3 is 2.33 bits per heavy atom. The number of fused-ring (bicyclic) bond motifs is 1. The summed E-state index contributed by atoms with van der Waals surface area (Å²) in [6, 6.07) is 17.5. The Kier molecular flexibility index (Phi) is 8.82. The fourth-order valence-corrected chi connectivity index (χ4v) is 8.13. The van der Waals surface area contributed by atoms with Crippen molar-refractivity contribution >= 4 is 10.0 Å². The van der Waals surface area contributed by atoms with Gasteiger partial charge in [0.15, 0.2) is 0 Å². The molecule has 7 heteroatoms. The van der Waals surface area contributed by atoms with Crippen LogP contribution in [0.4, 0.5) is 0 Å². The van der Waals surface area contributed by atoms with E-state index in [1.807, 2.05) is 0 Å². The van der Waals surface area contributed by atoms with Gasteiger partial charge in [0.2, 0.25) is 10.0 Å². The zero-order valence-corrected chi connectivity index (χ0v) is 24.7. The summed E-state index contributed by atoms with van der Waals surface area (Å²) in [5, 5.41) is 0. The van der Waals surface area contributed by atoms with Crippen LogP contribution in [0.2, 0.25) is 0 Å². The predicted molar refractivity (Wildman–Crippen MR) is 157 cm³/mol. The molecule has 0 aromatic heterocycles. The average molecular weight is 552 g/mol. The van der Waals surface area contributed by atoms with Crippen LogP contribution >= 0.6 is 0 Å². The van der Waals surface area contributed by atoms with Gasteiger partial charge in [-0.05, 0) is 79.3 Å². The van der Waals surface area contributed by atoms with E-state index in [0.29, 0.717) is 29.1 Å². The summed E-state index contributed by atoms with van der Waals surface area (Å²) in [7, 11) is -1.89. The molecule has 212 valence electrons. The summed E-state index contributed by atoms with van der Waals surface area (Å²) in [5.41, 5.74) is 3.51. The van der Waals surface area contributed by atoms with E-state index in [1.165, 1.54) is 18.4 Å². The molecule has 0 N–H and O–H groups in total. The van der Waals surface area contributed by atoms with Crippen molar-refractivity contribution in [2.75, 3.05) is 59.5 Å². The Morgan fingerprint density at radius 2 is 1.69 bits per heavy atom. The molecule has 0 spiro atoms. The predicted octanol–water partition coefficient (Wildman–Crippen LogP) is 4.93. The van der Waals surface area contributed by atoms with E-state index in [2.05, 4.69) is 60.1 Å². The van der Waals surface area contributed by atoms with Crippen LogP contribution in [0.1, 0.15) is 38.7 Å². The summed E-state index contributed by atoms with van der Waals surface area (Å²) < 4.78 is 33.1. The number of hydrogen-bond acceptors (Lipinski definition) is 5. The van der Waals surface area contributed by atoms with Gasteiger partial charge in [-0.15, -0.1) is 0 Å². The molecule has 2 fully saturated rings. The quantitative estimate of drug-likeness (QED) is 0.350. The SMILES string of the molecule is COc1ccc(S(=O)(=O)N2CCN(CCN(CCCc3ccccc3)CC3=CCC4CC3C4(C)C)CC2)cc1. The first-order valence-corrected chi connectivity index (χ1v) is 16.0. The highest BCUT2D eigenvalue weighted by atomic mass is 32.2. The fraction of sp³-hybridized carbons (Fsp3) is 0.562. The number of methoxy groups -OCH3 is 1. The molecule has 0 amide bonds. The molecule has 1 aliphatic heterocycles. The molecule has 2 aromatic carbocycles. The molecule has 2 atom stereocenters. The van der Waals surface area contributed by atoms with E-state index in [-0.39, 0.29) is 0 Å². The van der Waals surface area contributed by atoms with Gasteiger partial charge in [0.05, 0.1) is 12.0 Å². The summed E-state index contributed by atoms with van der Waals surface area (Å²) in [4.78, 5) is 5.43. The Bertz CT molecular complexity index is 1220. The van der Waals surface area contributed by atoms with Crippen molar-refractivity contribution in [3.05, 3.63) is 71.8 Å². The number of sulfonamides is 1. The summed E-state index contributed by atoms with van der Waals surface area (Å²) in [6.45, 7) is 11.7. The third-order valence-corrected chi connectivity index (χ3v) is 11.4. The Morgan fingerprint density at radius 1 is 0.974 bits per heavy atom. The van der Waals surface area contributed by atoms with Crippen LogP contribution in [0.15, 0.2) is 71.1 Å². The molecule has 39 heavy (non-hydrogen) atoms. The molecular weight excluding hydrogens is 506 g/mol. The third kappa shape index (κ3) is 6.43. The molecule has 3 aliphatic carbocycles. The summed E-state index contributed by atoms with van der Waals surface area (Å²) in [5.74, 6) is 2.26. The second-order valence-corrected chi connectivity index (χ2v) is 14.0. The van der Waals surface area contributed by atoms with E-state index in [0.717, 1.165) is 63.9 Å². The highest BCUT2D eigenvalue weighted by Crippen LogP contribution is 2.59. The maximum Gasteiger partial charge on any atom is 0.243 e. The number of hydrogen-bond donors (Lipinski definition) is 0. The lowest BCUT2D eigenvalue weighted by atomic mass is 9.49. The number of piperazine rings is 1. The van der Waals surface area contributed by atoms with Crippen molar-refractivity contribution in [1.82, 2.24) is 14.1 Å². The lowest BCUT2D eigenvalue weighted by Gasteiger charge is -2.57. The van der Waals surface area contributed by atoms with Crippen molar-refractivity contribution in [2.24, 2.45) is 17.3 Å². The van der Waals surface area contributed by atoms with Gasteiger partial charge in [0, 0.05) is 45.8 Å². The molecule has 2 unspecified atom stereocenters. The van der Waals surface area contributed by atoms with Gasteiger partial charge >= 0.3 is 0 Å². The molecule has 1 saturated carbocycles. The Hall–Kier alpha value is -2.19. The van der Waals surface area contributed by atoms with E-state index in [4.69, 9.17) is 4.74 Å². The molecule has 1 saturated heterocycles. The Balaban J connectivity index is 1.15. The standard InChI is InChI=1S/C32H45N3O3S/c1-32(2)28-12-11-27(31(32)24-28)25-34(17-7-10-26-8-5-4-6-9-26)19-18-33-20-22-35(23-21-33)39(36,37)30-15-13-29(38-3)14-16-30/h4-6,8-9,11,13-16,28,31H,7,10,12,17-25H2,1-3H3. The van der Waals surface area contributed by atoms with Crippen molar-refractivity contribution in [2.45, 2.75) is 44.4 Å². The number of allylic oxidation sites excluding steroid dienone is 1. The van der Waals surface area contributed by atoms with Crippen LogP contribution in [0.3, 0.4) is 0 Å². The second kappa shape index (κ2) is 12.1. The number of ether oxygens (including phenoxy) is 1. The summed E-state index contributed by atoms with van der Waals surface area (Å²) in [6.07, 6.45) is 7.40. The maximum atomic E-state index is 13.2. The fourth-order valence-electron chi connectivity index (χ4n) is 6.71. The van der Waals surface area contributed by atoms with E-state index < -0.39 is 10.0 Å². The van der Waals surface area contributed by atoms with Crippen molar-refractivity contribution in [3.63, 3.8) is 0 Å². The topological polar surface area (TPSA) is 53.1 Å². The maximum absolute atomic E-state index is 13.2. The van der Waals surface area contributed by atoms with Crippen LogP contribution in [-0.2, 0) is 16.4 Å². The number of aryl methyl sites for hydroxylation is 1. The highest BCUT2D eigenvalue weighted by Gasteiger charge is 2.51. The van der Waals surface area contributed by atoms with Gasteiger partial charge in [-0.2, -0.15) is 4.31 Å². The third-order valence-electron chi connectivity index (χ3n) is 9.53. The minimum absolute atomic E-state index is 0.336. The lowest BCUT2D eigenvalue weighted by molar-refractivity contribution is -0.0109. The Labute approximate surface area is 235 Å². The van der Waals surface area contributed by atoms with Crippen molar-refractivity contribution < 1.29 is 13.2 Å². The first-order chi connectivity index (χ1) is 18.8. The van der Waals surface area contributed by atoms with Gasteiger partial charge in [-0.1, -0.05) is 55.8 Å². The zero-order chi connectivity index (χ0) is 27.5.